The third kappa shape index (κ3) is 3.41. The molecule has 1 heterocycles. The van der Waals surface area contributed by atoms with E-state index in [0.29, 0.717) is 0 Å². The number of hydrogen-bond donors (Lipinski definition) is 1. The van der Waals surface area contributed by atoms with Crippen molar-refractivity contribution in [2.75, 3.05) is 5.75 Å². The number of aliphatic carboxylic acids is 1. The Bertz CT molecular complexity index is 608. The van der Waals surface area contributed by atoms with Gasteiger partial charge in [-0.1, -0.05) is 23.9 Å². The van der Waals surface area contributed by atoms with Gasteiger partial charge in [0.25, 0.3) is 0 Å². The van der Waals surface area contributed by atoms with E-state index in [-0.39, 0.29) is 22.3 Å². The van der Waals surface area contributed by atoms with Gasteiger partial charge in [-0.05, 0) is 22.6 Å². The van der Waals surface area contributed by atoms with Crippen LogP contribution in [-0.4, -0.2) is 43.6 Å². The third-order valence-electron chi connectivity index (χ3n) is 2.08. The van der Waals surface area contributed by atoms with Gasteiger partial charge in [0.05, 0.1) is 5.75 Å². The molecule has 0 saturated heterocycles. The van der Waals surface area contributed by atoms with Crippen molar-refractivity contribution in [2.45, 2.75) is 11.8 Å². The molecule has 0 atom stereocenters. The van der Waals surface area contributed by atoms with Crippen molar-refractivity contribution in [3.05, 3.63) is 24.3 Å². The highest BCUT2D eigenvalue weighted by Crippen LogP contribution is 2.26. The summed E-state index contributed by atoms with van der Waals surface area (Å²) in [7, 11) is 0. The number of carboxylic acid groups (broad SMARTS) is 1. The zero-order valence-corrected chi connectivity index (χ0v) is 10.6. The number of halogens is 2. The van der Waals surface area contributed by atoms with Crippen LogP contribution in [0.25, 0.3) is 5.69 Å². The number of benzene rings is 1. The lowest BCUT2D eigenvalue weighted by molar-refractivity contribution is -0.133. The van der Waals surface area contributed by atoms with Gasteiger partial charge >= 0.3 is 12.6 Å². The highest BCUT2D eigenvalue weighted by Gasteiger charge is 2.16. The molecule has 0 amide bonds. The fourth-order valence-corrected chi connectivity index (χ4v) is 1.98. The van der Waals surface area contributed by atoms with Crippen LogP contribution in [0.5, 0.6) is 5.75 Å². The molecule has 106 valence electrons. The van der Waals surface area contributed by atoms with E-state index in [4.69, 9.17) is 5.11 Å². The van der Waals surface area contributed by atoms with Crippen molar-refractivity contribution in [3.63, 3.8) is 0 Å². The molecule has 1 aromatic heterocycles. The smallest absolute Gasteiger partial charge is 0.387 e. The second kappa shape index (κ2) is 6.28. The van der Waals surface area contributed by atoms with Crippen molar-refractivity contribution in [3.8, 4) is 11.4 Å². The zero-order chi connectivity index (χ0) is 14.5. The molecule has 7 nitrogen and oxygen atoms in total. The number of hydrogen-bond acceptors (Lipinski definition) is 6. The minimum atomic E-state index is -2.98. The molecule has 0 aliphatic rings. The fourth-order valence-electron chi connectivity index (χ4n) is 1.37. The van der Waals surface area contributed by atoms with Crippen molar-refractivity contribution < 1.29 is 23.4 Å². The molecule has 0 aliphatic heterocycles. The molecular weight excluding hydrogens is 294 g/mol. The second-order valence-electron chi connectivity index (χ2n) is 3.40. The molecular formula is C10H8F2N4O3S. The average Bonchev–Trinajstić information content (AvgIpc) is 2.84. The Morgan fingerprint density at radius 2 is 2.20 bits per heavy atom. The summed E-state index contributed by atoms with van der Waals surface area (Å²) >= 11 is 0.868. The number of carboxylic acids is 1. The number of thioether (sulfide) groups is 1. The Hall–Kier alpha value is -2.23. The van der Waals surface area contributed by atoms with Crippen LogP contribution in [-0.2, 0) is 4.79 Å². The van der Waals surface area contributed by atoms with Gasteiger partial charge in [0, 0.05) is 0 Å². The number of alkyl halides is 2. The summed E-state index contributed by atoms with van der Waals surface area (Å²) in [4.78, 5) is 10.5. The monoisotopic (exact) mass is 302 g/mol. The van der Waals surface area contributed by atoms with E-state index in [9.17, 15) is 13.6 Å². The number of carbonyl (C=O) groups is 1. The number of rotatable bonds is 6. The molecule has 0 unspecified atom stereocenters. The van der Waals surface area contributed by atoms with E-state index in [0.717, 1.165) is 16.4 Å². The van der Waals surface area contributed by atoms with Crippen LogP contribution in [0.4, 0.5) is 8.78 Å². The predicted molar refractivity (Wildman–Crippen MR) is 64.1 cm³/mol. The number of tetrazole rings is 1. The van der Waals surface area contributed by atoms with Crippen molar-refractivity contribution >= 4 is 17.7 Å². The lowest BCUT2D eigenvalue weighted by atomic mass is 10.3. The maximum absolute atomic E-state index is 12.3. The first-order valence-electron chi connectivity index (χ1n) is 5.25. The molecule has 20 heavy (non-hydrogen) atoms. The first-order valence-corrected chi connectivity index (χ1v) is 6.23. The van der Waals surface area contributed by atoms with E-state index < -0.39 is 12.6 Å². The largest absolute Gasteiger partial charge is 0.481 e. The normalized spacial score (nSPS) is 10.8. The average molecular weight is 302 g/mol. The highest BCUT2D eigenvalue weighted by molar-refractivity contribution is 7.99. The zero-order valence-electron chi connectivity index (χ0n) is 9.81. The molecule has 0 spiro atoms. The van der Waals surface area contributed by atoms with Gasteiger partial charge < -0.3 is 9.84 Å². The molecule has 2 rings (SSSR count). The maximum atomic E-state index is 12.3. The Morgan fingerprint density at radius 3 is 2.90 bits per heavy atom. The van der Waals surface area contributed by atoms with E-state index in [1.807, 2.05) is 0 Å². The molecule has 0 bridgehead atoms. The number of ether oxygens (including phenoxy) is 1. The highest BCUT2D eigenvalue weighted by atomic mass is 32.2. The van der Waals surface area contributed by atoms with Gasteiger partial charge in [-0.15, -0.1) is 5.10 Å². The van der Waals surface area contributed by atoms with Crippen LogP contribution in [0.2, 0.25) is 0 Å². The summed E-state index contributed by atoms with van der Waals surface area (Å²) in [5, 5.41) is 19.5. The standard InChI is InChI=1S/C10H8F2N4O3S/c11-9(12)19-7-4-2-1-3-6(7)16-10(13-14-15-16)20-5-8(17)18/h1-4,9H,5H2,(H,17,18). The van der Waals surface area contributed by atoms with Gasteiger partial charge in [-0.25, -0.2) is 0 Å². The SMILES string of the molecule is O=C(O)CSc1nnnn1-c1ccccc1OC(F)F. The second-order valence-corrected chi connectivity index (χ2v) is 4.34. The summed E-state index contributed by atoms with van der Waals surface area (Å²) < 4.78 is 30.2. The van der Waals surface area contributed by atoms with Crippen molar-refractivity contribution in [1.29, 1.82) is 0 Å². The molecule has 1 N–H and O–H groups in total. The fraction of sp³-hybridized carbons (Fsp3) is 0.200. The first kappa shape index (κ1) is 14.2. The summed E-state index contributed by atoms with van der Waals surface area (Å²) in [5.74, 6) is -1.40. The van der Waals surface area contributed by atoms with Crippen LogP contribution in [0.1, 0.15) is 0 Å². The third-order valence-corrected chi connectivity index (χ3v) is 2.98. The van der Waals surface area contributed by atoms with Gasteiger partial charge in [0.15, 0.2) is 5.75 Å². The molecule has 1 aromatic carbocycles. The number of para-hydroxylation sites is 2. The van der Waals surface area contributed by atoms with Crippen LogP contribution in [0.3, 0.4) is 0 Å². The predicted octanol–water partition coefficient (Wildman–Crippen LogP) is 1.44. The molecule has 2 aromatic rings. The van der Waals surface area contributed by atoms with Crippen molar-refractivity contribution in [1.82, 2.24) is 20.2 Å². The molecule has 0 radical (unpaired) electrons. The summed E-state index contributed by atoms with van der Waals surface area (Å²) in [6.45, 7) is -2.98. The topological polar surface area (TPSA) is 90.1 Å². The van der Waals surface area contributed by atoms with E-state index in [1.54, 1.807) is 6.07 Å². The minimum absolute atomic E-state index is 0.105. The molecule has 0 fully saturated rings. The maximum Gasteiger partial charge on any atom is 0.387 e. The Labute approximate surface area is 115 Å². The lowest BCUT2D eigenvalue weighted by Crippen LogP contribution is -2.08. The van der Waals surface area contributed by atoms with Crippen molar-refractivity contribution in [2.24, 2.45) is 0 Å². The minimum Gasteiger partial charge on any atom is -0.481 e. The van der Waals surface area contributed by atoms with Gasteiger partial charge in [-0.3, -0.25) is 4.79 Å². The Kier molecular flexibility index (Phi) is 4.45. The van der Waals surface area contributed by atoms with E-state index >= 15 is 0 Å². The Balaban J connectivity index is 2.32. The first-order chi connectivity index (χ1) is 9.58. The van der Waals surface area contributed by atoms with Gasteiger partial charge in [0.1, 0.15) is 5.69 Å². The van der Waals surface area contributed by atoms with Crippen LogP contribution < -0.4 is 4.74 Å². The molecule has 0 saturated carbocycles. The summed E-state index contributed by atoms with van der Waals surface area (Å²) in [5.41, 5.74) is 0.200. The molecule has 0 aliphatic carbocycles. The summed E-state index contributed by atoms with van der Waals surface area (Å²) in [6.07, 6.45) is 0. The van der Waals surface area contributed by atoms with E-state index in [2.05, 4.69) is 20.3 Å². The van der Waals surface area contributed by atoms with Gasteiger partial charge in [-0.2, -0.15) is 13.5 Å². The lowest BCUT2D eigenvalue weighted by Gasteiger charge is -2.10. The van der Waals surface area contributed by atoms with Gasteiger partial charge in [0.2, 0.25) is 5.16 Å². The quantitative estimate of drug-likeness (QED) is 0.807. The van der Waals surface area contributed by atoms with Crippen LogP contribution in [0, 0.1) is 0 Å². The Morgan fingerprint density at radius 1 is 1.45 bits per heavy atom. The summed E-state index contributed by atoms with van der Waals surface area (Å²) in [6, 6.07) is 5.95. The van der Waals surface area contributed by atoms with Crippen LogP contribution in [0.15, 0.2) is 29.4 Å². The molecule has 10 heteroatoms. The van der Waals surface area contributed by atoms with E-state index in [1.165, 1.54) is 18.2 Å². The number of aromatic nitrogens is 4. The number of nitrogens with zero attached hydrogens (tertiary/aromatic N) is 4. The van der Waals surface area contributed by atoms with Crippen LogP contribution >= 0.6 is 11.8 Å².